The predicted octanol–water partition coefficient (Wildman–Crippen LogP) is 2.65. The van der Waals surface area contributed by atoms with Crippen LogP contribution in [0.15, 0.2) is 29.2 Å². The zero-order chi connectivity index (χ0) is 13.1. The summed E-state index contributed by atoms with van der Waals surface area (Å²) >= 11 is 3.24. The highest BCUT2D eigenvalue weighted by atomic mass is 79.9. The van der Waals surface area contributed by atoms with Gasteiger partial charge in [-0.3, -0.25) is 4.79 Å². The Labute approximate surface area is 113 Å². The summed E-state index contributed by atoms with van der Waals surface area (Å²) in [7, 11) is 1.63. The number of rotatable bonds is 3. The number of benzene rings is 1. The molecule has 5 heteroatoms. The van der Waals surface area contributed by atoms with Gasteiger partial charge in [0.1, 0.15) is 11.6 Å². The molecule has 0 saturated heterocycles. The third kappa shape index (κ3) is 2.46. The van der Waals surface area contributed by atoms with E-state index in [1.54, 1.807) is 13.3 Å². The minimum Gasteiger partial charge on any atom is -0.496 e. The van der Waals surface area contributed by atoms with Gasteiger partial charge in [-0.05, 0) is 30.7 Å². The number of hydrogen-bond donors (Lipinski definition) is 1. The second-order valence-electron chi connectivity index (χ2n) is 3.90. The molecule has 2 rings (SSSR count). The molecule has 0 amide bonds. The smallest absolute Gasteiger partial charge is 0.255 e. The van der Waals surface area contributed by atoms with E-state index in [2.05, 4.69) is 25.9 Å². The molecule has 1 N–H and O–H groups in total. The Morgan fingerprint density at radius 1 is 1.44 bits per heavy atom. The van der Waals surface area contributed by atoms with Gasteiger partial charge in [0.2, 0.25) is 0 Å². The molecule has 0 aliphatic rings. The molecule has 0 aliphatic carbocycles. The van der Waals surface area contributed by atoms with E-state index >= 15 is 0 Å². The van der Waals surface area contributed by atoms with Gasteiger partial charge in [-0.15, -0.1) is 0 Å². The Bertz CT molecular complexity index is 623. The SMILES string of the molecule is COc1ccc(-c2ncc(CBr)c(=O)[nH]2)cc1C. The minimum atomic E-state index is -0.120. The summed E-state index contributed by atoms with van der Waals surface area (Å²) in [5.74, 6) is 1.38. The van der Waals surface area contributed by atoms with E-state index < -0.39 is 0 Å². The molecular weight excluding hydrogens is 296 g/mol. The average molecular weight is 309 g/mol. The van der Waals surface area contributed by atoms with Crippen LogP contribution in [0.25, 0.3) is 11.4 Å². The van der Waals surface area contributed by atoms with Gasteiger partial charge in [0.25, 0.3) is 5.56 Å². The van der Waals surface area contributed by atoms with Crippen LogP contribution in [0.2, 0.25) is 0 Å². The first-order valence-electron chi connectivity index (χ1n) is 5.45. The fourth-order valence-electron chi connectivity index (χ4n) is 1.69. The van der Waals surface area contributed by atoms with Gasteiger partial charge in [0.15, 0.2) is 0 Å². The number of nitrogens with one attached hydrogen (secondary N) is 1. The van der Waals surface area contributed by atoms with Gasteiger partial charge in [-0.2, -0.15) is 0 Å². The number of aromatic amines is 1. The molecule has 1 aromatic carbocycles. The van der Waals surface area contributed by atoms with Gasteiger partial charge in [0, 0.05) is 22.7 Å². The van der Waals surface area contributed by atoms with E-state index in [1.165, 1.54) is 0 Å². The molecule has 0 unspecified atom stereocenters. The summed E-state index contributed by atoms with van der Waals surface area (Å²) in [4.78, 5) is 18.7. The van der Waals surface area contributed by atoms with E-state index in [9.17, 15) is 4.79 Å². The number of halogens is 1. The van der Waals surface area contributed by atoms with Crippen molar-refractivity contribution in [3.63, 3.8) is 0 Å². The van der Waals surface area contributed by atoms with Gasteiger partial charge < -0.3 is 9.72 Å². The van der Waals surface area contributed by atoms with Gasteiger partial charge in [-0.25, -0.2) is 4.98 Å². The van der Waals surface area contributed by atoms with E-state index in [0.29, 0.717) is 16.7 Å². The maximum atomic E-state index is 11.7. The number of methoxy groups -OCH3 is 1. The van der Waals surface area contributed by atoms with Crippen LogP contribution < -0.4 is 10.3 Å². The second kappa shape index (κ2) is 5.35. The van der Waals surface area contributed by atoms with Crippen molar-refractivity contribution in [3.05, 3.63) is 45.9 Å². The van der Waals surface area contributed by atoms with Crippen LogP contribution in [0.1, 0.15) is 11.1 Å². The predicted molar refractivity (Wildman–Crippen MR) is 74.2 cm³/mol. The highest BCUT2D eigenvalue weighted by molar-refractivity contribution is 9.08. The topological polar surface area (TPSA) is 55.0 Å². The first kappa shape index (κ1) is 12.8. The van der Waals surface area contributed by atoms with Gasteiger partial charge in [0.05, 0.1) is 7.11 Å². The van der Waals surface area contributed by atoms with Crippen molar-refractivity contribution in [3.8, 4) is 17.1 Å². The lowest BCUT2D eigenvalue weighted by Crippen LogP contribution is -2.13. The Balaban J connectivity index is 2.46. The highest BCUT2D eigenvalue weighted by Gasteiger charge is 2.06. The Kier molecular flexibility index (Phi) is 3.81. The highest BCUT2D eigenvalue weighted by Crippen LogP contribution is 2.23. The van der Waals surface area contributed by atoms with Crippen molar-refractivity contribution in [2.75, 3.05) is 7.11 Å². The lowest BCUT2D eigenvalue weighted by Gasteiger charge is -2.07. The molecule has 0 spiro atoms. The van der Waals surface area contributed by atoms with E-state index in [4.69, 9.17) is 4.74 Å². The second-order valence-corrected chi connectivity index (χ2v) is 4.46. The summed E-state index contributed by atoms with van der Waals surface area (Å²) < 4.78 is 5.20. The average Bonchev–Trinajstić information content (AvgIpc) is 2.38. The van der Waals surface area contributed by atoms with Crippen LogP contribution >= 0.6 is 15.9 Å². The molecule has 0 aliphatic heterocycles. The maximum absolute atomic E-state index is 11.7. The number of nitrogens with zero attached hydrogens (tertiary/aromatic N) is 1. The number of H-pyrrole nitrogens is 1. The first-order valence-corrected chi connectivity index (χ1v) is 6.57. The lowest BCUT2D eigenvalue weighted by molar-refractivity contribution is 0.412. The van der Waals surface area contributed by atoms with Crippen molar-refractivity contribution in [1.29, 1.82) is 0 Å². The summed E-state index contributed by atoms with van der Waals surface area (Å²) in [6, 6.07) is 5.67. The zero-order valence-corrected chi connectivity index (χ0v) is 11.7. The number of aromatic nitrogens is 2. The standard InChI is InChI=1S/C13H13BrN2O2/c1-8-5-9(3-4-11(8)18-2)12-15-7-10(6-14)13(17)16-12/h3-5,7H,6H2,1-2H3,(H,15,16,17). The fourth-order valence-corrected chi connectivity index (χ4v) is 2.09. The Morgan fingerprint density at radius 2 is 2.22 bits per heavy atom. The summed E-state index contributed by atoms with van der Waals surface area (Å²) in [6.07, 6.45) is 1.59. The number of ether oxygens (including phenoxy) is 1. The number of hydrogen-bond acceptors (Lipinski definition) is 3. The number of aryl methyl sites for hydroxylation is 1. The fraction of sp³-hybridized carbons (Fsp3) is 0.231. The minimum absolute atomic E-state index is 0.120. The van der Waals surface area contributed by atoms with Crippen molar-refractivity contribution in [2.24, 2.45) is 0 Å². The Hall–Kier alpha value is -1.62. The first-order chi connectivity index (χ1) is 8.65. The van der Waals surface area contributed by atoms with Crippen molar-refractivity contribution < 1.29 is 4.74 Å². The molecule has 0 saturated carbocycles. The summed E-state index contributed by atoms with van der Waals surface area (Å²) in [5, 5.41) is 0.497. The van der Waals surface area contributed by atoms with Crippen LogP contribution in [-0.4, -0.2) is 17.1 Å². The van der Waals surface area contributed by atoms with Crippen molar-refractivity contribution in [1.82, 2.24) is 9.97 Å². The molecule has 0 fully saturated rings. The molecule has 2 aromatic rings. The normalized spacial score (nSPS) is 10.4. The number of alkyl halides is 1. The largest absolute Gasteiger partial charge is 0.496 e. The molecule has 0 bridgehead atoms. The van der Waals surface area contributed by atoms with Crippen LogP contribution in [0.4, 0.5) is 0 Å². The molecule has 1 aromatic heterocycles. The third-order valence-electron chi connectivity index (χ3n) is 2.69. The zero-order valence-electron chi connectivity index (χ0n) is 10.2. The quantitative estimate of drug-likeness (QED) is 0.887. The summed E-state index contributed by atoms with van der Waals surface area (Å²) in [5.41, 5.74) is 2.36. The molecule has 4 nitrogen and oxygen atoms in total. The van der Waals surface area contributed by atoms with E-state index in [0.717, 1.165) is 16.9 Å². The molecule has 18 heavy (non-hydrogen) atoms. The molecule has 94 valence electrons. The lowest BCUT2D eigenvalue weighted by atomic mass is 10.1. The van der Waals surface area contributed by atoms with Crippen LogP contribution in [-0.2, 0) is 5.33 Å². The monoisotopic (exact) mass is 308 g/mol. The molecular formula is C13H13BrN2O2. The van der Waals surface area contributed by atoms with E-state index in [-0.39, 0.29) is 5.56 Å². The van der Waals surface area contributed by atoms with Crippen molar-refractivity contribution >= 4 is 15.9 Å². The third-order valence-corrected chi connectivity index (χ3v) is 3.29. The van der Waals surface area contributed by atoms with Gasteiger partial charge in [-0.1, -0.05) is 15.9 Å². The summed E-state index contributed by atoms with van der Waals surface area (Å²) in [6.45, 7) is 1.95. The van der Waals surface area contributed by atoms with Crippen molar-refractivity contribution in [2.45, 2.75) is 12.3 Å². The van der Waals surface area contributed by atoms with Gasteiger partial charge >= 0.3 is 0 Å². The molecule has 0 radical (unpaired) electrons. The van der Waals surface area contributed by atoms with Crippen LogP contribution in [0.5, 0.6) is 5.75 Å². The van der Waals surface area contributed by atoms with E-state index in [1.807, 2.05) is 25.1 Å². The molecule has 1 heterocycles. The molecule has 0 atom stereocenters. The van der Waals surface area contributed by atoms with Crippen LogP contribution in [0, 0.1) is 6.92 Å². The van der Waals surface area contributed by atoms with Crippen LogP contribution in [0.3, 0.4) is 0 Å². The Morgan fingerprint density at radius 3 is 2.78 bits per heavy atom. The maximum Gasteiger partial charge on any atom is 0.255 e.